The maximum Gasteiger partial charge on any atom is 0.348 e. The molecule has 0 aliphatic heterocycles. The lowest BCUT2D eigenvalue weighted by Gasteiger charge is -2.03. The number of rotatable bonds is 6. The molecule has 2 heterocycles. The van der Waals surface area contributed by atoms with E-state index in [-0.39, 0.29) is 25.8 Å². The summed E-state index contributed by atoms with van der Waals surface area (Å²) < 4.78 is 11.1. The average Bonchev–Trinajstić information content (AvgIpc) is 2.88. The zero-order valence-electron chi connectivity index (χ0n) is 9.05. The molecule has 0 atom stereocenters. The number of aliphatic hydroxyl groups excluding tert-OH is 1. The van der Waals surface area contributed by atoms with Gasteiger partial charge < -0.3 is 14.6 Å². The third kappa shape index (κ3) is 3.26. The molecule has 0 aliphatic rings. The molecular formula is C11H12O4S2. The van der Waals surface area contributed by atoms with Gasteiger partial charge in [-0.15, -0.1) is 11.3 Å². The van der Waals surface area contributed by atoms with Gasteiger partial charge in [0.15, 0.2) is 0 Å². The standard InChI is InChI=1S/C11H12O4S2/c12-1-2-14-3-4-15-11(13)9-5-8-6-16-7-10(8)17-9/h5-7,12H,1-4H2. The van der Waals surface area contributed by atoms with Crippen molar-refractivity contribution in [3.8, 4) is 0 Å². The van der Waals surface area contributed by atoms with Crippen LogP contribution in [0.5, 0.6) is 0 Å². The monoisotopic (exact) mass is 272 g/mol. The maximum absolute atomic E-state index is 11.6. The second-order valence-electron chi connectivity index (χ2n) is 3.27. The first kappa shape index (κ1) is 12.5. The summed E-state index contributed by atoms with van der Waals surface area (Å²) >= 11 is 3.06. The highest BCUT2D eigenvalue weighted by atomic mass is 32.1. The van der Waals surface area contributed by atoms with E-state index in [9.17, 15) is 4.79 Å². The van der Waals surface area contributed by atoms with Crippen LogP contribution in [0.2, 0.25) is 0 Å². The Kier molecular flexibility index (Phi) is 4.49. The van der Waals surface area contributed by atoms with Crippen LogP contribution in [0.15, 0.2) is 16.8 Å². The van der Waals surface area contributed by atoms with Crippen molar-refractivity contribution < 1.29 is 19.4 Å². The highest BCUT2D eigenvalue weighted by Gasteiger charge is 2.11. The zero-order valence-corrected chi connectivity index (χ0v) is 10.7. The molecule has 0 unspecified atom stereocenters. The molecule has 2 aromatic heterocycles. The van der Waals surface area contributed by atoms with E-state index in [2.05, 4.69) is 0 Å². The number of hydrogen-bond acceptors (Lipinski definition) is 6. The zero-order chi connectivity index (χ0) is 12.1. The van der Waals surface area contributed by atoms with Crippen molar-refractivity contribution in [1.82, 2.24) is 0 Å². The number of carbonyl (C=O) groups excluding carboxylic acids is 1. The van der Waals surface area contributed by atoms with E-state index in [0.29, 0.717) is 11.5 Å². The summed E-state index contributed by atoms with van der Waals surface area (Å²) in [6, 6.07) is 1.84. The Bertz CT molecular complexity index is 460. The Morgan fingerprint density at radius 1 is 1.29 bits per heavy atom. The van der Waals surface area contributed by atoms with E-state index in [1.807, 2.05) is 16.8 Å². The minimum atomic E-state index is -0.316. The SMILES string of the molecule is O=C(OCCOCCO)c1cc2cscc2s1. The number of carbonyl (C=O) groups is 1. The van der Waals surface area contributed by atoms with Gasteiger partial charge >= 0.3 is 5.97 Å². The number of fused-ring (bicyclic) bond motifs is 1. The normalized spacial score (nSPS) is 10.9. The summed E-state index contributed by atoms with van der Waals surface area (Å²) in [6.45, 7) is 0.774. The first-order valence-corrected chi connectivity index (χ1v) is 6.88. The molecule has 4 nitrogen and oxygen atoms in total. The third-order valence-corrected chi connectivity index (χ3v) is 4.05. The van der Waals surface area contributed by atoms with Crippen molar-refractivity contribution in [2.45, 2.75) is 0 Å². The average molecular weight is 272 g/mol. The molecule has 0 spiro atoms. The fourth-order valence-electron chi connectivity index (χ4n) is 1.30. The topological polar surface area (TPSA) is 55.8 Å². The molecule has 0 amide bonds. The van der Waals surface area contributed by atoms with Gasteiger partial charge in [0.2, 0.25) is 0 Å². The van der Waals surface area contributed by atoms with Crippen LogP contribution in [0, 0.1) is 0 Å². The van der Waals surface area contributed by atoms with Gasteiger partial charge in [-0.05, 0) is 11.4 Å². The Morgan fingerprint density at radius 2 is 2.18 bits per heavy atom. The van der Waals surface area contributed by atoms with Crippen molar-refractivity contribution in [1.29, 1.82) is 0 Å². The smallest absolute Gasteiger partial charge is 0.348 e. The lowest BCUT2D eigenvalue weighted by molar-refractivity contribution is 0.0262. The quantitative estimate of drug-likeness (QED) is 0.646. The molecular weight excluding hydrogens is 260 g/mol. The number of esters is 1. The first-order chi connectivity index (χ1) is 8.31. The van der Waals surface area contributed by atoms with Gasteiger partial charge in [0.1, 0.15) is 11.5 Å². The number of thiophene rings is 2. The van der Waals surface area contributed by atoms with Gasteiger partial charge in [0.05, 0.1) is 19.8 Å². The molecule has 0 saturated heterocycles. The van der Waals surface area contributed by atoms with Crippen LogP contribution in [-0.4, -0.2) is 37.5 Å². The van der Waals surface area contributed by atoms with Gasteiger partial charge in [0, 0.05) is 15.5 Å². The molecule has 0 aromatic carbocycles. The van der Waals surface area contributed by atoms with Crippen molar-refractivity contribution in [2.24, 2.45) is 0 Å². The van der Waals surface area contributed by atoms with Crippen LogP contribution < -0.4 is 0 Å². The van der Waals surface area contributed by atoms with E-state index < -0.39 is 0 Å². The Labute approximate surface area is 106 Å². The van der Waals surface area contributed by atoms with E-state index in [1.165, 1.54) is 11.3 Å². The van der Waals surface area contributed by atoms with Gasteiger partial charge in [-0.1, -0.05) is 0 Å². The summed E-state index contributed by atoms with van der Waals surface area (Å²) in [5.41, 5.74) is 0. The fourth-order valence-corrected chi connectivity index (χ4v) is 3.21. The summed E-state index contributed by atoms with van der Waals surface area (Å²) in [5.74, 6) is -0.316. The predicted octanol–water partition coefficient (Wildman–Crippen LogP) is 2.13. The summed E-state index contributed by atoms with van der Waals surface area (Å²) in [6.07, 6.45) is 0. The molecule has 0 radical (unpaired) electrons. The molecule has 0 fully saturated rings. The van der Waals surface area contributed by atoms with Gasteiger partial charge in [-0.2, -0.15) is 11.3 Å². The molecule has 0 aliphatic carbocycles. The van der Waals surface area contributed by atoms with Crippen LogP contribution in [0.1, 0.15) is 9.67 Å². The molecule has 92 valence electrons. The summed E-state index contributed by atoms with van der Waals surface area (Å²) in [7, 11) is 0. The molecule has 6 heteroatoms. The molecule has 2 aromatic rings. The lowest BCUT2D eigenvalue weighted by Crippen LogP contribution is -2.11. The van der Waals surface area contributed by atoms with Crippen LogP contribution in [0.4, 0.5) is 0 Å². The Balaban J connectivity index is 1.81. The summed E-state index contributed by atoms with van der Waals surface area (Å²) in [5, 5.41) is 13.6. The van der Waals surface area contributed by atoms with Crippen molar-refractivity contribution in [3.63, 3.8) is 0 Å². The number of ether oxygens (including phenoxy) is 2. The van der Waals surface area contributed by atoms with Gasteiger partial charge in [0.25, 0.3) is 0 Å². The van der Waals surface area contributed by atoms with E-state index in [4.69, 9.17) is 14.6 Å². The predicted molar refractivity (Wildman–Crippen MR) is 67.9 cm³/mol. The Morgan fingerprint density at radius 3 is 2.94 bits per heavy atom. The molecule has 2 rings (SSSR count). The lowest BCUT2D eigenvalue weighted by atomic mass is 10.4. The maximum atomic E-state index is 11.6. The molecule has 17 heavy (non-hydrogen) atoms. The van der Waals surface area contributed by atoms with Crippen molar-refractivity contribution >= 4 is 38.7 Å². The van der Waals surface area contributed by atoms with E-state index in [0.717, 1.165) is 10.1 Å². The fraction of sp³-hybridized carbons (Fsp3) is 0.364. The third-order valence-electron chi connectivity index (χ3n) is 2.06. The van der Waals surface area contributed by atoms with Crippen LogP contribution in [0.3, 0.4) is 0 Å². The van der Waals surface area contributed by atoms with Crippen molar-refractivity contribution in [3.05, 3.63) is 21.7 Å². The Hall–Kier alpha value is -0.950. The van der Waals surface area contributed by atoms with Crippen molar-refractivity contribution in [2.75, 3.05) is 26.4 Å². The minimum absolute atomic E-state index is 0.0189. The van der Waals surface area contributed by atoms with E-state index >= 15 is 0 Å². The molecule has 0 bridgehead atoms. The minimum Gasteiger partial charge on any atom is -0.459 e. The first-order valence-electron chi connectivity index (χ1n) is 5.12. The second kappa shape index (κ2) is 6.11. The highest BCUT2D eigenvalue weighted by Crippen LogP contribution is 2.29. The highest BCUT2D eigenvalue weighted by molar-refractivity contribution is 7.23. The number of aliphatic hydroxyl groups is 1. The van der Waals surface area contributed by atoms with Crippen LogP contribution >= 0.6 is 22.7 Å². The van der Waals surface area contributed by atoms with Gasteiger partial charge in [-0.25, -0.2) is 4.79 Å². The number of hydrogen-bond donors (Lipinski definition) is 1. The van der Waals surface area contributed by atoms with Crippen LogP contribution in [0.25, 0.3) is 10.1 Å². The van der Waals surface area contributed by atoms with E-state index in [1.54, 1.807) is 11.3 Å². The molecule has 0 saturated carbocycles. The van der Waals surface area contributed by atoms with Crippen LogP contribution in [-0.2, 0) is 9.47 Å². The van der Waals surface area contributed by atoms with Gasteiger partial charge in [-0.3, -0.25) is 0 Å². The largest absolute Gasteiger partial charge is 0.459 e. The second-order valence-corrected chi connectivity index (χ2v) is 5.10. The summed E-state index contributed by atoms with van der Waals surface area (Å²) in [4.78, 5) is 12.2. The molecule has 1 N–H and O–H groups in total.